The fourth-order valence-electron chi connectivity index (χ4n) is 1.31. The van der Waals surface area contributed by atoms with Gasteiger partial charge in [-0.25, -0.2) is 0 Å². The Balaban J connectivity index is 0.00000256. The lowest BCUT2D eigenvalue weighted by Gasteiger charge is -2.02. The summed E-state index contributed by atoms with van der Waals surface area (Å²) < 4.78 is 0. The van der Waals surface area contributed by atoms with Gasteiger partial charge in [-0.15, -0.1) is 24.7 Å². The number of hydrogen-bond acceptors (Lipinski definition) is 0. The van der Waals surface area contributed by atoms with Crippen LogP contribution < -0.4 is 0 Å². The maximum absolute atomic E-state index is 5.39. The summed E-state index contributed by atoms with van der Waals surface area (Å²) in [6.45, 7) is 3.54. The van der Waals surface area contributed by atoms with Crippen molar-refractivity contribution in [3.63, 3.8) is 0 Å². The molecule has 0 aliphatic rings. The van der Waals surface area contributed by atoms with Crippen LogP contribution in [0.15, 0.2) is 12.1 Å². The monoisotopic (exact) mass is 204 g/mol. The standard InChI is InChI=1S/C16H10.H2/c1-5-9-15-11-13(7-3)14(8-4)12-16(15)10-6-2;/h3-4,11-12H,1-2H3;1H. The van der Waals surface area contributed by atoms with Crippen molar-refractivity contribution in [2.75, 3.05) is 0 Å². The highest BCUT2D eigenvalue weighted by Gasteiger charge is 2.04. The van der Waals surface area contributed by atoms with E-state index >= 15 is 0 Å². The zero-order valence-electron chi connectivity index (χ0n) is 9.31. The minimum absolute atomic E-state index is 0. The molecule has 0 spiro atoms. The quantitative estimate of drug-likeness (QED) is 0.570. The predicted molar refractivity (Wildman–Crippen MR) is 69.5 cm³/mol. The highest BCUT2D eigenvalue weighted by Crippen LogP contribution is 2.15. The zero-order valence-corrected chi connectivity index (χ0v) is 9.31. The summed E-state index contributed by atoms with van der Waals surface area (Å²) in [5.41, 5.74) is 3.01. The normalized spacial score (nSPS) is 7.50. The molecule has 0 saturated heterocycles. The molecule has 0 saturated carbocycles. The molecule has 1 aromatic carbocycles. The SMILES string of the molecule is C#Cc1cc(C#CC)c(C#CC)cc1C#C.[HH]. The highest BCUT2D eigenvalue weighted by atomic mass is 14.0. The fourth-order valence-corrected chi connectivity index (χ4v) is 1.31. The van der Waals surface area contributed by atoms with E-state index in [1.165, 1.54) is 0 Å². The van der Waals surface area contributed by atoms with E-state index in [-0.39, 0.29) is 1.43 Å². The Morgan fingerprint density at radius 2 is 1.19 bits per heavy atom. The van der Waals surface area contributed by atoms with E-state index < -0.39 is 0 Å². The first-order valence-electron chi connectivity index (χ1n) is 4.73. The first-order chi connectivity index (χ1) is 7.76. The van der Waals surface area contributed by atoms with Crippen LogP contribution in [-0.2, 0) is 0 Å². The third kappa shape index (κ3) is 2.28. The van der Waals surface area contributed by atoms with Gasteiger partial charge in [0.1, 0.15) is 0 Å². The van der Waals surface area contributed by atoms with Crippen LogP contribution in [-0.4, -0.2) is 0 Å². The lowest BCUT2D eigenvalue weighted by molar-refractivity contribution is 1.51. The first kappa shape index (κ1) is 11.5. The highest BCUT2D eigenvalue weighted by molar-refractivity contribution is 5.60. The topological polar surface area (TPSA) is 0 Å². The van der Waals surface area contributed by atoms with Gasteiger partial charge in [-0.05, 0) is 26.0 Å². The lowest BCUT2D eigenvalue weighted by Crippen LogP contribution is -1.91. The minimum Gasteiger partial charge on any atom is -0.115 e. The largest absolute Gasteiger partial charge is 0.115 e. The van der Waals surface area contributed by atoms with E-state index in [0.717, 1.165) is 11.1 Å². The third-order valence-corrected chi connectivity index (χ3v) is 1.99. The molecule has 0 bridgehead atoms. The summed E-state index contributed by atoms with van der Waals surface area (Å²) in [6, 6.07) is 3.62. The Kier molecular flexibility index (Phi) is 3.87. The van der Waals surface area contributed by atoms with Crippen LogP contribution in [0.5, 0.6) is 0 Å². The Hall–Kier alpha value is -2.54. The van der Waals surface area contributed by atoms with E-state index in [4.69, 9.17) is 12.8 Å². The van der Waals surface area contributed by atoms with Gasteiger partial charge in [0.25, 0.3) is 0 Å². The van der Waals surface area contributed by atoms with E-state index in [9.17, 15) is 0 Å². The summed E-state index contributed by atoms with van der Waals surface area (Å²) >= 11 is 0. The van der Waals surface area contributed by atoms with Crippen LogP contribution in [0.4, 0.5) is 0 Å². The average Bonchev–Trinajstić information content (AvgIpc) is 2.31. The van der Waals surface area contributed by atoms with Crippen molar-refractivity contribution >= 4 is 0 Å². The molecule has 0 nitrogen and oxygen atoms in total. The average molecular weight is 204 g/mol. The van der Waals surface area contributed by atoms with Crippen molar-refractivity contribution in [3.05, 3.63) is 34.4 Å². The van der Waals surface area contributed by atoms with Crippen LogP contribution in [0, 0.1) is 48.4 Å². The third-order valence-electron chi connectivity index (χ3n) is 1.99. The molecule has 0 aliphatic heterocycles. The number of rotatable bonds is 0. The molecule has 0 unspecified atom stereocenters. The summed E-state index contributed by atoms with van der Waals surface area (Å²) in [6.07, 6.45) is 10.8. The maximum atomic E-state index is 5.39. The van der Waals surface area contributed by atoms with Crippen molar-refractivity contribution in [2.45, 2.75) is 13.8 Å². The second-order valence-electron chi connectivity index (χ2n) is 2.98. The van der Waals surface area contributed by atoms with E-state index in [1.807, 2.05) is 12.1 Å². The van der Waals surface area contributed by atoms with Gasteiger partial charge in [-0.2, -0.15) is 0 Å². The Bertz CT molecular complexity index is 557. The van der Waals surface area contributed by atoms with Gasteiger partial charge in [0.2, 0.25) is 0 Å². The summed E-state index contributed by atoms with van der Waals surface area (Å²) in [5.74, 6) is 16.7. The Labute approximate surface area is 98.6 Å². The van der Waals surface area contributed by atoms with Crippen molar-refractivity contribution in [1.82, 2.24) is 0 Å². The van der Waals surface area contributed by atoms with Crippen LogP contribution in [0.25, 0.3) is 0 Å². The summed E-state index contributed by atoms with van der Waals surface area (Å²) in [4.78, 5) is 0. The molecular weight excluding hydrogens is 192 g/mol. The van der Waals surface area contributed by atoms with Crippen LogP contribution >= 0.6 is 0 Å². The van der Waals surface area contributed by atoms with E-state index in [2.05, 4.69) is 35.5 Å². The van der Waals surface area contributed by atoms with Crippen LogP contribution in [0.3, 0.4) is 0 Å². The maximum Gasteiger partial charge on any atom is 0.0415 e. The van der Waals surface area contributed by atoms with Gasteiger partial charge in [0.05, 0.1) is 0 Å². The molecule has 0 heterocycles. The van der Waals surface area contributed by atoms with Crippen molar-refractivity contribution in [1.29, 1.82) is 0 Å². The molecule has 1 rings (SSSR count). The lowest BCUT2D eigenvalue weighted by atomic mass is 9.99. The molecule has 76 valence electrons. The number of hydrogen-bond donors (Lipinski definition) is 0. The summed E-state index contributed by atoms with van der Waals surface area (Å²) in [7, 11) is 0. The summed E-state index contributed by atoms with van der Waals surface area (Å²) in [5, 5.41) is 0. The van der Waals surface area contributed by atoms with E-state index in [0.29, 0.717) is 11.1 Å². The molecule has 0 aliphatic carbocycles. The Morgan fingerprint density at radius 3 is 1.44 bits per heavy atom. The van der Waals surface area contributed by atoms with Gasteiger partial charge in [0.15, 0.2) is 0 Å². The molecule has 0 aromatic heterocycles. The molecule has 0 radical (unpaired) electrons. The van der Waals surface area contributed by atoms with Gasteiger partial charge < -0.3 is 0 Å². The Morgan fingerprint density at radius 1 is 0.812 bits per heavy atom. The van der Waals surface area contributed by atoms with Crippen molar-refractivity contribution < 1.29 is 1.43 Å². The van der Waals surface area contributed by atoms with Crippen LogP contribution in [0.1, 0.15) is 37.5 Å². The van der Waals surface area contributed by atoms with Gasteiger partial charge >= 0.3 is 0 Å². The molecule has 16 heavy (non-hydrogen) atoms. The first-order valence-corrected chi connectivity index (χ1v) is 4.73. The number of benzene rings is 1. The van der Waals surface area contributed by atoms with Crippen molar-refractivity contribution in [2.24, 2.45) is 0 Å². The van der Waals surface area contributed by atoms with Gasteiger partial charge in [-0.3, -0.25) is 0 Å². The zero-order chi connectivity index (χ0) is 12.0. The van der Waals surface area contributed by atoms with E-state index in [1.54, 1.807) is 13.8 Å². The van der Waals surface area contributed by atoms with Gasteiger partial charge in [0, 0.05) is 23.7 Å². The molecule has 0 amide bonds. The van der Waals surface area contributed by atoms with Gasteiger partial charge in [-0.1, -0.05) is 23.7 Å². The second-order valence-corrected chi connectivity index (χ2v) is 2.98. The molecule has 0 heteroatoms. The second kappa shape index (κ2) is 5.37. The minimum atomic E-state index is 0. The smallest absolute Gasteiger partial charge is 0.0415 e. The fraction of sp³-hybridized carbons (Fsp3) is 0.125. The molecular formula is C16H12. The molecule has 0 atom stereocenters. The van der Waals surface area contributed by atoms with Crippen LogP contribution in [0.2, 0.25) is 0 Å². The molecule has 0 fully saturated rings. The van der Waals surface area contributed by atoms with Crippen molar-refractivity contribution in [3.8, 4) is 48.4 Å². The molecule has 0 N–H and O–H groups in total. The number of terminal acetylenes is 2. The predicted octanol–water partition coefficient (Wildman–Crippen LogP) is 2.64. The molecule has 1 aromatic rings.